The number of nitrogens with one attached hydrogen (secondary N) is 2. The molecule has 0 spiro atoms. The Bertz CT molecular complexity index is 1240. The van der Waals surface area contributed by atoms with Gasteiger partial charge in [-0.15, -0.1) is 11.3 Å². The number of aromatic nitrogens is 1. The fourth-order valence-corrected chi connectivity index (χ4v) is 5.74. The van der Waals surface area contributed by atoms with Gasteiger partial charge in [-0.3, -0.25) is 14.4 Å². The molecule has 1 saturated heterocycles. The molecule has 1 aromatic heterocycles. The van der Waals surface area contributed by atoms with Crippen LogP contribution in [0.25, 0.3) is 10.4 Å². The highest BCUT2D eigenvalue weighted by Gasteiger charge is 2.44. The number of methoxy groups -OCH3 is 1. The standard InChI is InChI=1S/C31H44N4O7S/c1-20-27(43-19-33-20)22-12-10-21(11-13-22)16-32-29(39)24-15-23(36)17-35(24)30(40)28(31(2,3)4)34-25(37)9-7-6-8-14-42-26(38)18-41-5/h10-13,19,23-24,28,36H,6-9,14-18H2,1-5H3,(H,32,39)(H,34,37). The lowest BCUT2D eigenvalue weighted by Crippen LogP contribution is -2.57. The summed E-state index contributed by atoms with van der Waals surface area (Å²) in [5.74, 6) is -1.45. The predicted molar refractivity (Wildman–Crippen MR) is 163 cm³/mol. The Kier molecular flexibility index (Phi) is 12.6. The number of carbonyl (C=O) groups excluding carboxylic acids is 4. The van der Waals surface area contributed by atoms with Gasteiger partial charge < -0.3 is 30.1 Å². The molecule has 3 N–H and O–H groups in total. The van der Waals surface area contributed by atoms with Gasteiger partial charge in [0.1, 0.15) is 18.7 Å². The number of amides is 3. The number of aryl methyl sites for hydroxylation is 1. The Hall–Kier alpha value is -3.35. The van der Waals surface area contributed by atoms with Gasteiger partial charge in [0.25, 0.3) is 0 Å². The summed E-state index contributed by atoms with van der Waals surface area (Å²) in [5.41, 5.74) is 4.12. The third kappa shape index (κ3) is 10.1. The molecule has 3 rings (SSSR count). The number of hydrogen-bond donors (Lipinski definition) is 3. The van der Waals surface area contributed by atoms with Crippen LogP contribution in [-0.4, -0.2) is 83.7 Å². The number of nitrogens with zero attached hydrogens (tertiary/aromatic N) is 2. The molecule has 0 saturated carbocycles. The molecular weight excluding hydrogens is 572 g/mol. The van der Waals surface area contributed by atoms with Crippen molar-refractivity contribution in [3.05, 3.63) is 41.0 Å². The minimum absolute atomic E-state index is 0.0179. The van der Waals surface area contributed by atoms with E-state index in [0.717, 1.165) is 21.7 Å². The van der Waals surface area contributed by atoms with Gasteiger partial charge in [-0.25, -0.2) is 9.78 Å². The molecule has 0 radical (unpaired) electrons. The van der Waals surface area contributed by atoms with Crippen LogP contribution in [0.4, 0.5) is 0 Å². The van der Waals surface area contributed by atoms with E-state index >= 15 is 0 Å². The van der Waals surface area contributed by atoms with Gasteiger partial charge >= 0.3 is 5.97 Å². The van der Waals surface area contributed by atoms with Gasteiger partial charge in [0.15, 0.2) is 0 Å². The van der Waals surface area contributed by atoms with Gasteiger partial charge in [-0.05, 0) is 42.7 Å². The van der Waals surface area contributed by atoms with Crippen LogP contribution in [0.2, 0.25) is 0 Å². The van der Waals surface area contributed by atoms with Gasteiger partial charge in [-0.2, -0.15) is 0 Å². The molecule has 0 bridgehead atoms. The van der Waals surface area contributed by atoms with E-state index in [9.17, 15) is 24.3 Å². The van der Waals surface area contributed by atoms with E-state index in [2.05, 4.69) is 15.6 Å². The predicted octanol–water partition coefficient (Wildman–Crippen LogP) is 2.98. The first-order valence-electron chi connectivity index (χ1n) is 14.6. The molecule has 0 aliphatic carbocycles. The molecule has 3 unspecified atom stereocenters. The van der Waals surface area contributed by atoms with E-state index in [1.165, 1.54) is 12.0 Å². The molecule has 236 valence electrons. The maximum Gasteiger partial charge on any atom is 0.332 e. The molecule has 2 heterocycles. The third-order valence-electron chi connectivity index (χ3n) is 7.28. The Labute approximate surface area is 257 Å². The van der Waals surface area contributed by atoms with Crippen molar-refractivity contribution >= 4 is 35.0 Å². The summed E-state index contributed by atoms with van der Waals surface area (Å²) in [6, 6.07) is 6.15. The lowest BCUT2D eigenvalue weighted by Gasteiger charge is -2.35. The zero-order valence-corrected chi connectivity index (χ0v) is 26.5. The van der Waals surface area contributed by atoms with Gasteiger partial charge in [-0.1, -0.05) is 45.0 Å². The van der Waals surface area contributed by atoms with Gasteiger partial charge in [0.05, 0.1) is 28.8 Å². The molecule has 2 aromatic rings. The number of likely N-dealkylation sites (tertiary alicyclic amines) is 1. The largest absolute Gasteiger partial charge is 0.464 e. The van der Waals surface area contributed by atoms with Crippen LogP contribution in [0.15, 0.2) is 29.8 Å². The lowest BCUT2D eigenvalue weighted by molar-refractivity contribution is -0.148. The molecule has 1 fully saturated rings. The highest BCUT2D eigenvalue weighted by Crippen LogP contribution is 2.28. The van der Waals surface area contributed by atoms with Crippen molar-refractivity contribution in [2.45, 2.75) is 84.5 Å². The SMILES string of the molecule is COCC(=O)OCCCCCC(=O)NC(C(=O)N1CC(O)CC1C(=O)NCc1ccc(-c2scnc2C)cc1)C(C)(C)C. The average Bonchev–Trinajstić information content (AvgIpc) is 3.57. The summed E-state index contributed by atoms with van der Waals surface area (Å²) in [4.78, 5) is 57.9. The van der Waals surface area contributed by atoms with Crippen molar-refractivity contribution in [1.82, 2.24) is 20.5 Å². The lowest BCUT2D eigenvalue weighted by atomic mass is 9.85. The van der Waals surface area contributed by atoms with E-state index in [1.807, 2.05) is 57.5 Å². The highest BCUT2D eigenvalue weighted by atomic mass is 32.1. The van der Waals surface area contributed by atoms with Gasteiger partial charge in [0.2, 0.25) is 17.7 Å². The van der Waals surface area contributed by atoms with E-state index in [1.54, 1.807) is 11.3 Å². The first kappa shape index (κ1) is 34.1. The van der Waals surface area contributed by atoms with Crippen molar-refractivity contribution in [2.24, 2.45) is 5.41 Å². The average molecular weight is 617 g/mol. The zero-order chi connectivity index (χ0) is 31.6. The monoisotopic (exact) mass is 616 g/mol. The summed E-state index contributed by atoms with van der Waals surface area (Å²) < 4.78 is 9.73. The van der Waals surface area contributed by atoms with Crippen molar-refractivity contribution < 1.29 is 33.8 Å². The quantitative estimate of drug-likeness (QED) is 0.217. The van der Waals surface area contributed by atoms with Crippen LogP contribution in [-0.2, 0) is 35.2 Å². The van der Waals surface area contributed by atoms with Crippen LogP contribution in [0.1, 0.15) is 64.1 Å². The fourth-order valence-electron chi connectivity index (χ4n) is 4.92. The van der Waals surface area contributed by atoms with Crippen LogP contribution >= 0.6 is 11.3 Å². The Morgan fingerprint density at radius 2 is 1.86 bits per heavy atom. The Morgan fingerprint density at radius 1 is 1.14 bits per heavy atom. The Morgan fingerprint density at radius 3 is 2.49 bits per heavy atom. The molecule has 3 atom stereocenters. The topological polar surface area (TPSA) is 147 Å². The number of aliphatic hydroxyl groups excluding tert-OH is 1. The number of rotatable bonds is 14. The summed E-state index contributed by atoms with van der Waals surface area (Å²) in [7, 11) is 1.42. The van der Waals surface area contributed by atoms with Crippen LogP contribution in [0.3, 0.4) is 0 Å². The molecule has 43 heavy (non-hydrogen) atoms. The number of hydrogen-bond acceptors (Lipinski definition) is 9. The van der Waals surface area contributed by atoms with E-state index in [-0.39, 0.29) is 51.0 Å². The highest BCUT2D eigenvalue weighted by molar-refractivity contribution is 7.13. The first-order valence-corrected chi connectivity index (χ1v) is 15.5. The molecule has 3 amide bonds. The molecule has 1 aliphatic heterocycles. The summed E-state index contributed by atoms with van der Waals surface area (Å²) in [6.45, 7) is 7.97. The molecule has 1 aliphatic rings. The minimum atomic E-state index is -0.877. The minimum Gasteiger partial charge on any atom is -0.464 e. The van der Waals surface area contributed by atoms with Crippen molar-refractivity contribution in [1.29, 1.82) is 0 Å². The second-order valence-electron chi connectivity index (χ2n) is 11.9. The maximum absolute atomic E-state index is 13.7. The van der Waals surface area contributed by atoms with Crippen molar-refractivity contribution in [3.8, 4) is 10.4 Å². The molecular formula is C31H44N4O7S. The number of unbranched alkanes of at least 4 members (excludes halogenated alkanes) is 2. The second kappa shape index (κ2) is 15.9. The second-order valence-corrected chi connectivity index (χ2v) is 12.8. The van der Waals surface area contributed by atoms with E-state index in [0.29, 0.717) is 19.3 Å². The summed E-state index contributed by atoms with van der Waals surface area (Å²) in [5, 5.41) is 16.2. The smallest absolute Gasteiger partial charge is 0.332 e. The number of thiazole rings is 1. The summed E-state index contributed by atoms with van der Waals surface area (Å²) in [6.07, 6.45) is 1.35. The third-order valence-corrected chi connectivity index (χ3v) is 8.26. The first-order chi connectivity index (χ1) is 20.4. The van der Waals surface area contributed by atoms with Gasteiger partial charge in [0, 0.05) is 33.0 Å². The van der Waals surface area contributed by atoms with Crippen molar-refractivity contribution in [2.75, 3.05) is 26.9 Å². The fraction of sp³-hybridized carbons (Fsp3) is 0.581. The normalized spacial score (nSPS) is 17.4. The number of ether oxygens (including phenoxy) is 2. The number of β-amino-alcohol motifs (C(OH)–C–C–N with tert-alkyl or cyclic N) is 1. The Balaban J connectivity index is 1.54. The van der Waals surface area contributed by atoms with Crippen LogP contribution in [0, 0.1) is 12.3 Å². The maximum atomic E-state index is 13.7. The summed E-state index contributed by atoms with van der Waals surface area (Å²) >= 11 is 1.58. The number of aliphatic hydroxyl groups is 1. The van der Waals surface area contributed by atoms with Crippen LogP contribution < -0.4 is 10.6 Å². The molecule has 1 aromatic carbocycles. The van der Waals surface area contributed by atoms with E-state index in [4.69, 9.17) is 9.47 Å². The molecule has 11 nitrogen and oxygen atoms in total. The van der Waals surface area contributed by atoms with E-state index < -0.39 is 35.5 Å². The van der Waals surface area contributed by atoms with Crippen molar-refractivity contribution in [3.63, 3.8) is 0 Å². The number of esters is 1. The number of benzene rings is 1. The number of carbonyl (C=O) groups is 4. The zero-order valence-electron chi connectivity index (χ0n) is 25.7. The molecule has 12 heteroatoms. The van der Waals surface area contributed by atoms with Crippen LogP contribution in [0.5, 0.6) is 0 Å².